The lowest BCUT2D eigenvalue weighted by atomic mass is 10.0. The van der Waals surface area contributed by atoms with Crippen molar-refractivity contribution in [2.24, 2.45) is 0 Å². The molecule has 1 amide bonds. The van der Waals surface area contributed by atoms with Crippen LogP contribution in [0.15, 0.2) is 36.5 Å². The number of allylic oxidation sites excluding steroid dienone is 5. The number of rotatable bonds is 38. The quantitative estimate of drug-likeness (QED) is 0.0251. The molecule has 0 aliphatic heterocycles. The SMILES string of the molecule is CCCCCCC/C=C\C/C=C\CCCCCCCCCCCC(=O)NC(COP(=O)(O)OCC[N+](C)(C)C)C(O)/C=C/CCCCCCCCC. The molecule has 0 aromatic rings. The van der Waals surface area contributed by atoms with E-state index in [0.29, 0.717) is 17.4 Å². The topological polar surface area (TPSA) is 105 Å². The zero-order chi connectivity index (χ0) is 38.6. The standard InChI is InChI=1S/C43H83N2O6P/c1-6-8-10-12-14-16-17-18-19-20-21-22-23-24-25-26-27-29-31-33-35-37-43(47)44-41(40-51-52(48,49)50-39-38-45(3,4)5)42(46)36-34-32-30-28-15-13-11-9-7-2/h17-18,20-21,34,36,41-42,46H,6-16,19,22-33,35,37-40H2,1-5H3,(H-,44,47,48,49)/p+1/b18-17-,21-20-,36-34+. The number of unbranched alkanes of at least 4 members (excludes halogenated alkanes) is 21. The highest BCUT2D eigenvalue weighted by molar-refractivity contribution is 7.47. The van der Waals surface area contributed by atoms with Crippen LogP contribution in [0.3, 0.4) is 0 Å². The number of aliphatic hydroxyl groups is 1. The summed E-state index contributed by atoms with van der Waals surface area (Å²) in [6.45, 7) is 4.76. The minimum Gasteiger partial charge on any atom is -0.387 e. The maximum atomic E-state index is 12.8. The summed E-state index contributed by atoms with van der Waals surface area (Å²) < 4.78 is 23.5. The predicted molar refractivity (Wildman–Crippen MR) is 221 cm³/mol. The molecule has 9 heteroatoms. The number of carbonyl (C=O) groups excluding carboxylic acids is 1. The summed E-state index contributed by atoms with van der Waals surface area (Å²) in [5.41, 5.74) is 0. The summed E-state index contributed by atoms with van der Waals surface area (Å²) in [5, 5.41) is 13.7. The van der Waals surface area contributed by atoms with E-state index in [9.17, 15) is 19.4 Å². The van der Waals surface area contributed by atoms with Crippen molar-refractivity contribution in [3.05, 3.63) is 36.5 Å². The molecule has 8 nitrogen and oxygen atoms in total. The average Bonchev–Trinajstić information content (AvgIpc) is 3.09. The number of nitrogens with one attached hydrogen (secondary N) is 1. The van der Waals surface area contributed by atoms with E-state index >= 15 is 0 Å². The Hall–Kier alpha value is -1.28. The van der Waals surface area contributed by atoms with Gasteiger partial charge in [-0.15, -0.1) is 0 Å². The van der Waals surface area contributed by atoms with Crippen molar-refractivity contribution in [2.45, 2.75) is 193 Å². The van der Waals surface area contributed by atoms with Crippen LogP contribution in [0, 0.1) is 0 Å². The van der Waals surface area contributed by atoms with Gasteiger partial charge in [-0.05, 0) is 51.4 Å². The molecule has 0 aliphatic carbocycles. The van der Waals surface area contributed by atoms with E-state index < -0.39 is 20.0 Å². The number of amides is 1. The Labute approximate surface area is 321 Å². The first-order valence-electron chi connectivity index (χ1n) is 21.4. The van der Waals surface area contributed by atoms with Crippen LogP contribution in [0.4, 0.5) is 0 Å². The van der Waals surface area contributed by atoms with Gasteiger partial charge < -0.3 is 19.8 Å². The van der Waals surface area contributed by atoms with Crippen molar-refractivity contribution in [2.75, 3.05) is 40.9 Å². The number of quaternary nitrogens is 1. The monoisotopic (exact) mass is 756 g/mol. The molecule has 3 atom stereocenters. The molecule has 0 fully saturated rings. The molecular weight excluding hydrogens is 671 g/mol. The van der Waals surface area contributed by atoms with E-state index in [0.717, 1.165) is 44.9 Å². The summed E-state index contributed by atoms with van der Waals surface area (Å²) in [6.07, 6.45) is 42.2. The first kappa shape index (κ1) is 50.7. The lowest BCUT2D eigenvalue weighted by molar-refractivity contribution is -0.870. The number of aliphatic hydroxyl groups excluding tert-OH is 1. The summed E-state index contributed by atoms with van der Waals surface area (Å²) in [6, 6.07) is -0.845. The van der Waals surface area contributed by atoms with Gasteiger partial charge in [0, 0.05) is 6.42 Å². The van der Waals surface area contributed by atoms with Crippen LogP contribution in [0.2, 0.25) is 0 Å². The highest BCUT2D eigenvalue weighted by Crippen LogP contribution is 2.43. The molecule has 3 unspecified atom stereocenters. The minimum atomic E-state index is -4.33. The zero-order valence-electron chi connectivity index (χ0n) is 34.5. The molecule has 0 aromatic heterocycles. The fraction of sp³-hybridized carbons (Fsp3) is 0.837. The smallest absolute Gasteiger partial charge is 0.387 e. The molecule has 0 aromatic carbocycles. The van der Waals surface area contributed by atoms with E-state index in [1.807, 2.05) is 27.2 Å². The number of nitrogens with zero attached hydrogens (tertiary/aromatic N) is 1. The number of phosphoric ester groups is 1. The highest BCUT2D eigenvalue weighted by Gasteiger charge is 2.27. The Balaban J connectivity index is 4.30. The largest absolute Gasteiger partial charge is 0.472 e. The second kappa shape index (κ2) is 35.4. The Morgan fingerprint density at radius 2 is 1.10 bits per heavy atom. The van der Waals surface area contributed by atoms with Gasteiger partial charge in [0.25, 0.3) is 0 Å². The van der Waals surface area contributed by atoms with Crippen LogP contribution in [0.5, 0.6) is 0 Å². The third-order valence-corrected chi connectivity index (χ3v) is 10.3. The number of phosphoric acid groups is 1. The fourth-order valence-electron chi connectivity index (χ4n) is 5.89. The van der Waals surface area contributed by atoms with Gasteiger partial charge in [-0.25, -0.2) is 4.57 Å². The van der Waals surface area contributed by atoms with Crippen LogP contribution in [0.25, 0.3) is 0 Å². The molecule has 0 saturated carbocycles. The van der Waals surface area contributed by atoms with E-state index in [1.165, 1.54) is 116 Å². The molecule has 0 heterocycles. The van der Waals surface area contributed by atoms with Gasteiger partial charge in [0.15, 0.2) is 0 Å². The second-order valence-corrected chi connectivity index (χ2v) is 17.2. The van der Waals surface area contributed by atoms with E-state index in [1.54, 1.807) is 6.08 Å². The van der Waals surface area contributed by atoms with E-state index in [4.69, 9.17) is 9.05 Å². The van der Waals surface area contributed by atoms with E-state index in [-0.39, 0.29) is 19.1 Å². The van der Waals surface area contributed by atoms with Crippen molar-refractivity contribution < 1.29 is 32.9 Å². The Morgan fingerprint density at radius 1 is 0.654 bits per heavy atom. The molecule has 0 saturated heterocycles. The van der Waals surface area contributed by atoms with E-state index in [2.05, 4.69) is 43.5 Å². The lowest BCUT2D eigenvalue weighted by Gasteiger charge is -2.25. The molecule has 52 heavy (non-hydrogen) atoms. The molecule has 0 spiro atoms. The maximum absolute atomic E-state index is 12.8. The van der Waals surface area contributed by atoms with Gasteiger partial charge in [-0.3, -0.25) is 13.8 Å². The predicted octanol–water partition coefficient (Wildman–Crippen LogP) is 11.5. The first-order valence-corrected chi connectivity index (χ1v) is 22.9. The van der Waals surface area contributed by atoms with Gasteiger partial charge in [-0.1, -0.05) is 159 Å². The molecule has 0 radical (unpaired) electrons. The summed E-state index contributed by atoms with van der Waals surface area (Å²) in [4.78, 5) is 23.0. The Kier molecular flexibility index (Phi) is 34.6. The number of hydrogen-bond acceptors (Lipinski definition) is 5. The minimum absolute atomic E-state index is 0.0600. The third kappa shape index (κ3) is 37.1. The van der Waals surface area contributed by atoms with Crippen molar-refractivity contribution in [3.63, 3.8) is 0 Å². The molecular formula is C43H84N2O6P+. The first-order chi connectivity index (χ1) is 25.0. The van der Waals surface area contributed by atoms with Crippen LogP contribution in [-0.2, 0) is 18.4 Å². The van der Waals surface area contributed by atoms with Crippen molar-refractivity contribution in [1.82, 2.24) is 5.32 Å². The highest BCUT2D eigenvalue weighted by atomic mass is 31.2. The van der Waals surface area contributed by atoms with Gasteiger partial charge >= 0.3 is 7.82 Å². The van der Waals surface area contributed by atoms with Crippen LogP contribution >= 0.6 is 7.82 Å². The van der Waals surface area contributed by atoms with Gasteiger partial charge in [0.1, 0.15) is 13.2 Å². The molecule has 3 N–H and O–H groups in total. The molecule has 306 valence electrons. The van der Waals surface area contributed by atoms with Crippen LogP contribution in [-0.4, -0.2) is 73.4 Å². The van der Waals surface area contributed by atoms with Crippen molar-refractivity contribution in [1.29, 1.82) is 0 Å². The Bertz CT molecular complexity index is 948. The maximum Gasteiger partial charge on any atom is 0.472 e. The number of likely N-dealkylation sites (N-methyl/N-ethyl adjacent to an activating group) is 1. The summed E-state index contributed by atoms with van der Waals surface area (Å²) in [7, 11) is 1.56. The van der Waals surface area contributed by atoms with Crippen LogP contribution < -0.4 is 5.32 Å². The van der Waals surface area contributed by atoms with Crippen molar-refractivity contribution >= 4 is 13.7 Å². The third-order valence-electron chi connectivity index (χ3n) is 9.35. The number of carbonyl (C=O) groups is 1. The lowest BCUT2D eigenvalue weighted by Crippen LogP contribution is -2.45. The summed E-state index contributed by atoms with van der Waals surface area (Å²) in [5.74, 6) is -0.185. The number of hydrogen-bond donors (Lipinski definition) is 3. The summed E-state index contributed by atoms with van der Waals surface area (Å²) >= 11 is 0. The van der Waals surface area contributed by atoms with Gasteiger partial charge in [-0.2, -0.15) is 0 Å². The molecule has 0 aliphatic rings. The fourth-order valence-corrected chi connectivity index (χ4v) is 6.63. The normalized spacial score (nSPS) is 14.8. The van der Waals surface area contributed by atoms with Crippen molar-refractivity contribution in [3.8, 4) is 0 Å². The molecule has 0 bridgehead atoms. The average molecular weight is 756 g/mol. The molecule has 0 rings (SSSR count). The van der Waals surface area contributed by atoms with Gasteiger partial charge in [0.05, 0.1) is 39.9 Å². The second-order valence-electron chi connectivity index (χ2n) is 15.7. The zero-order valence-corrected chi connectivity index (χ0v) is 35.4. The van der Waals surface area contributed by atoms with Gasteiger partial charge in [0.2, 0.25) is 5.91 Å². The Morgan fingerprint density at radius 3 is 1.58 bits per heavy atom. The van der Waals surface area contributed by atoms with Crippen LogP contribution in [0.1, 0.15) is 181 Å².